The number of benzene rings is 2. The highest BCUT2D eigenvalue weighted by Crippen LogP contribution is 2.30. The number of carbonyl (C=O) groups excluding carboxylic acids is 3. The Balaban J connectivity index is 1.85. The van der Waals surface area contributed by atoms with E-state index in [2.05, 4.69) is 5.32 Å². The van der Waals surface area contributed by atoms with Crippen LogP contribution >= 0.6 is 0 Å². The van der Waals surface area contributed by atoms with E-state index in [-0.39, 0.29) is 28.8 Å². The van der Waals surface area contributed by atoms with Gasteiger partial charge in [0.15, 0.2) is 0 Å². The molecule has 3 amide bonds. The second-order valence-corrected chi connectivity index (χ2v) is 9.97. The van der Waals surface area contributed by atoms with Gasteiger partial charge in [-0.2, -0.15) is 0 Å². The molecule has 170 valence electrons. The number of rotatable bonds is 8. The summed E-state index contributed by atoms with van der Waals surface area (Å²) in [4.78, 5) is 39.8. The number of hydrogen-bond acceptors (Lipinski definition) is 5. The molecule has 0 aromatic heterocycles. The molecule has 2 aromatic carbocycles. The van der Waals surface area contributed by atoms with Crippen LogP contribution in [0, 0.1) is 5.92 Å². The van der Waals surface area contributed by atoms with Gasteiger partial charge in [0, 0.05) is 13.1 Å². The standard InChI is InChI=1S/C23H27N3O5S/c1-16(2)13-24-22(28)17(3)25(14-18-9-5-4-6-10-18)21(27)15-26-23(29)19-11-7-8-12-20(19)32(26,30)31/h4-12,16-17H,13-15H2,1-3H3,(H,24,28)/t17-/m0/s1. The van der Waals surface area contributed by atoms with E-state index in [4.69, 9.17) is 0 Å². The number of amides is 3. The van der Waals surface area contributed by atoms with Crippen LogP contribution in [0.25, 0.3) is 0 Å². The number of sulfonamides is 1. The molecule has 0 aliphatic carbocycles. The smallest absolute Gasteiger partial charge is 0.269 e. The summed E-state index contributed by atoms with van der Waals surface area (Å²) in [5.41, 5.74) is 0.820. The van der Waals surface area contributed by atoms with Gasteiger partial charge in [-0.05, 0) is 30.5 Å². The van der Waals surface area contributed by atoms with Crippen molar-refractivity contribution in [2.75, 3.05) is 13.1 Å². The van der Waals surface area contributed by atoms with Crippen LogP contribution in [0.3, 0.4) is 0 Å². The molecular weight excluding hydrogens is 430 g/mol. The Morgan fingerprint density at radius 2 is 1.62 bits per heavy atom. The lowest BCUT2D eigenvalue weighted by Crippen LogP contribution is -2.51. The zero-order valence-corrected chi connectivity index (χ0v) is 19.1. The highest BCUT2D eigenvalue weighted by molar-refractivity contribution is 7.90. The van der Waals surface area contributed by atoms with Gasteiger partial charge in [-0.1, -0.05) is 56.3 Å². The fraction of sp³-hybridized carbons (Fsp3) is 0.348. The largest absolute Gasteiger partial charge is 0.354 e. The molecule has 1 heterocycles. The number of carbonyl (C=O) groups is 3. The number of hydrogen-bond donors (Lipinski definition) is 1. The molecule has 0 fully saturated rings. The minimum absolute atomic E-state index is 0.0395. The van der Waals surface area contributed by atoms with Gasteiger partial charge in [0.2, 0.25) is 11.8 Å². The van der Waals surface area contributed by atoms with Crippen LogP contribution in [0.2, 0.25) is 0 Å². The zero-order valence-electron chi connectivity index (χ0n) is 18.3. The second-order valence-electron chi connectivity index (χ2n) is 8.14. The van der Waals surface area contributed by atoms with Crippen molar-refractivity contribution >= 4 is 27.7 Å². The van der Waals surface area contributed by atoms with Crippen LogP contribution in [0.1, 0.15) is 36.7 Å². The number of nitrogens with one attached hydrogen (secondary N) is 1. The molecule has 1 aliphatic heterocycles. The monoisotopic (exact) mass is 457 g/mol. The van der Waals surface area contributed by atoms with E-state index in [1.54, 1.807) is 13.0 Å². The van der Waals surface area contributed by atoms with E-state index in [1.165, 1.54) is 23.1 Å². The number of fused-ring (bicyclic) bond motifs is 1. The molecule has 3 rings (SSSR count). The first-order valence-electron chi connectivity index (χ1n) is 10.4. The van der Waals surface area contributed by atoms with Gasteiger partial charge in [0.25, 0.3) is 15.9 Å². The first-order chi connectivity index (χ1) is 15.1. The Bertz CT molecular complexity index is 1120. The van der Waals surface area contributed by atoms with Crippen molar-refractivity contribution in [2.24, 2.45) is 5.92 Å². The molecule has 8 nitrogen and oxygen atoms in total. The van der Waals surface area contributed by atoms with Crippen molar-refractivity contribution in [1.29, 1.82) is 0 Å². The number of nitrogens with zero attached hydrogens (tertiary/aromatic N) is 2. The second kappa shape index (κ2) is 9.52. The third kappa shape index (κ3) is 4.83. The molecule has 0 saturated heterocycles. The first-order valence-corrected chi connectivity index (χ1v) is 11.8. The summed E-state index contributed by atoms with van der Waals surface area (Å²) < 4.78 is 26.3. The van der Waals surface area contributed by atoms with Gasteiger partial charge < -0.3 is 10.2 Å². The quantitative estimate of drug-likeness (QED) is 0.653. The molecule has 0 bridgehead atoms. The van der Waals surface area contributed by atoms with E-state index in [0.29, 0.717) is 10.8 Å². The molecular formula is C23H27N3O5S. The highest BCUT2D eigenvalue weighted by atomic mass is 32.2. The third-order valence-electron chi connectivity index (χ3n) is 5.24. The lowest BCUT2D eigenvalue weighted by molar-refractivity contribution is -0.140. The summed E-state index contributed by atoms with van der Waals surface area (Å²) in [5.74, 6) is -1.49. The Hall–Kier alpha value is -3.20. The predicted molar refractivity (Wildman–Crippen MR) is 119 cm³/mol. The van der Waals surface area contributed by atoms with Gasteiger partial charge in [-0.15, -0.1) is 0 Å². The average molecular weight is 458 g/mol. The molecule has 0 unspecified atom stereocenters. The molecule has 0 radical (unpaired) electrons. The molecule has 9 heteroatoms. The van der Waals surface area contributed by atoms with E-state index in [1.807, 2.05) is 44.2 Å². The molecule has 0 saturated carbocycles. The van der Waals surface area contributed by atoms with Crippen LogP contribution in [0.4, 0.5) is 0 Å². The van der Waals surface area contributed by atoms with Crippen molar-refractivity contribution in [1.82, 2.24) is 14.5 Å². The van der Waals surface area contributed by atoms with E-state index in [0.717, 1.165) is 5.56 Å². The molecule has 1 N–H and O–H groups in total. The van der Waals surface area contributed by atoms with Gasteiger partial charge in [-0.3, -0.25) is 14.4 Å². The highest BCUT2D eigenvalue weighted by Gasteiger charge is 2.43. The van der Waals surface area contributed by atoms with E-state index in [9.17, 15) is 22.8 Å². The Morgan fingerprint density at radius 1 is 1.00 bits per heavy atom. The van der Waals surface area contributed by atoms with Crippen molar-refractivity contribution in [3.8, 4) is 0 Å². The summed E-state index contributed by atoms with van der Waals surface area (Å²) in [7, 11) is -4.13. The predicted octanol–water partition coefficient (Wildman–Crippen LogP) is 2.02. The Kier molecular flexibility index (Phi) is 6.98. The lowest BCUT2D eigenvalue weighted by atomic mass is 10.1. The molecule has 1 atom stereocenters. The molecule has 1 aliphatic rings. The minimum Gasteiger partial charge on any atom is -0.354 e. The topological polar surface area (TPSA) is 104 Å². The summed E-state index contributed by atoms with van der Waals surface area (Å²) >= 11 is 0. The van der Waals surface area contributed by atoms with Gasteiger partial charge >= 0.3 is 0 Å². The lowest BCUT2D eigenvalue weighted by Gasteiger charge is -2.30. The normalized spacial score (nSPS) is 15.4. The fourth-order valence-electron chi connectivity index (χ4n) is 3.42. The molecule has 32 heavy (non-hydrogen) atoms. The van der Waals surface area contributed by atoms with Gasteiger partial charge in [0.1, 0.15) is 17.5 Å². The average Bonchev–Trinajstić information content (AvgIpc) is 2.96. The van der Waals surface area contributed by atoms with Crippen LogP contribution in [0.15, 0.2) is 59.5 Å². The van der Waals surface area contributed by atoms with Crippen molar-refractivity contribution in [3.63, 3.8) is 0 Å². The summed E-state index contributed by atoms with van der Waals surface area (Å²) in [6.07, 6.45) is 0. The molecule has 0 spiro atoms. The van der Waals surface area contributed by atoms with Crippen LogP contribution in [0.5, 0.6) is 0 Å². The Morgan fingerprint density at radius 3 is 2.25 bits per heavy atom. The summed E-state index contributed by atoms with van der Waals surface area (Å²) in [6.45, 7) is 5.38. The maximum atomic E-state index is 13.3. The zero-order chi connectivity index (χ0) is 23.5. The van der Waals surface area contributed by atoms with Crippen molar-refractivity contribution in [3.05, 3.63) is 65.7 Å². The minimum atomic E-state index is -4.13. The van der Waals surface area contributed by atoms with Gasteiger partial charge in [0.05, 0.1) is 5.56 Å². The fourth-order valence-corrected chi connectivity index (χ4v) is 4.93. The first kappa shape index (κ1) is 23.5. The molecule has 2 aromatic rings. The van der Waals surface area contributed by atoms with Crippen LogP contribution in [-0.4, -0.2) is 54.5 Å². The van der Waals surface area contributed by atoms with Gasteiger partial charge in [-0.25, -0.2) is 12.7 Å². The van der Waals surface area contributed by atoms with E-state index >= 15 is 0 Å². The summed E-state index contributed by atoms with van der Waals surface area (Å²) in [6, 6.07) is 14.1. The van der Waals surface area contributed by atoms with Crippen LogP contribution < -0.4 is 5.32 Å². The SMILES string of the molecule is CC(C)CNC(=O)[C@H](C)N(Cc1ccccc1)C(=O)CN1C(=O)c2ccccc2S1(=O)=O. The maximum absolute atomic E-state index is 13.3. The summed E-state index contributed by atoms with van der Waals surface area (Å²) in [5, 5.41) is 2.80. The maximum Gasteiger partial charge on any atom is 0.269 e. The van der Waals surface area contributed by atoms with Crippen LogP contribution in [-0.2, 0) is 26.2 Å². The Labute approximate surface area is 188 Å². The van der Waals surface area contributed by atoms with E-state index < -0.39 is 34.4 Å². The van der Waals surface area contributed by atoms with Crippen molar-refractivity contribution < 1.29 is 22.8 Å². The third-order valence-corrected chi connectivity index (χ3v) is 7.03. The van der Waals surface area contributed by atoms with Crippen molar-refractivity contribution in [2.45, 2.75) is 38.3 Å².